The zero-order valence-corrected chi connectivity index (χ0v) is 13.1. The fourth-order valence-corrected chi connectivity index (χ4v) is 3.11. The van der Waals surface area contributed by atoms with Crippen molar-refractivity contribution in [3.63, 3.8) is 0 Å². The van der Waals surface area contributed by atoms with Gasteiger partial charge in [0, 0.05) is 30.8 Å². The Kier molecular flexibility index (Phi) is 5.31. The molecule has 22 heavy (non-hydrogen) atoms. The molecule has 1 aliphatic rings. The van der Waals surface area contributed by atoms with E-state index in [0.29, 0.717) is 0 Å². The van der Waals surface area contributed by atoms with Crippen molar-refractivity contribution in [2.75, 3.05) is 26.0 Å². The predicted molar refractivity (Wildman–Crippen MR) is 82.1 cm³/mol. The summed E-state index contributed by atoms with van der Waals surface area (Å²) in [7, 11) is 1.59. The number of nitrogens with zero attached hydrogens (tertiary/aromatic N) is 1. The Morgan fingerprint density at radius 1 is 1.36 bits per heavy atom. The number of aliphatic carboxylic acids is 1. The fourth-order valence-electron chi connectivity index (χ4n) is 2.27. The molecular weight excluding hydrogens is 306 g/mol. The van der Waals surface area contributed by atoms with Crippen LogP contribution in [0.5, 0.6) is 5.75 Å². The van der Waals surface area contributed by atoms with Crippen molar-refractivity contribution >= 4 is 23.6 Å². The molecule has 1 fully saturated rings. The molecule has 2 rings (SSSR count). The van der Waals surface area contributed by atoms with Crippen molar-refractivity contribution in [3.8, 4) is 5.75 Å². The molecule has 1 aromatic carbocycles. The standard InChI is InChI=1S/C15H19NO5S/c1-21-11-3-2-4-12(9-11)22-10-13(17)16-7-5-15(20,6-8-16)14(18)19/h2-4,9,20H,5-8,10H2,1H3,(H,18,19). The first-order valence-corrected chi connectivity index (χ1v) is 7.93. The normalized spacial score (nSPS) is 17.1. The number of aliphatic hydroxyl groups is 1. The summed E-state index contributed by atoms with van der Waals surface area (Å²) in [4.78, 5) is 25.6. The summed E-state index contributed by atoms with van der Waals surface area (Å²) in [5, 5.41) is 18.8. The van der Waals surface area contributed by atoms with Gasteiger partial charge in [-0.3, -0.25) is 4.79 Å². The lowest BCUT2D eigenvalue weighted by atomic mass is 9.92. The summed E-state index contributed by atoms with van der Waals surface area (Å²) in [6.07, 6.45) is 0.135. The minimum Gasteiger partial charge on any atom is -0.497 e. The van der Waals surface area contributed by atoms with Crippen LogP contribution >= 0.6 is 11.8 Å². The van der Waals surface area contributed by atoms with Gasteiger partial charge in [-0.25, -0.2) is 4.79 Å². The van der Waals surface area contributed by atoms with Crippen LogP contribution in [0.15, 0.2) is 29.2 Å². The largest absolute Gasteiger partial charge is 0.497 e. The molecule has 0 spiro atoms. The lowest BCUT2D eigenvalue weighted by molar-refractivity contribution is -0.165. The van der Waals surface area contributed by atoms with Gasteiger partial charge < -0.3 is 19.8 Å². The minimum atomic E-state index is -1.70. The van der Waals surface area contributed by atoms with E-state index < -0.39 is 11.6 Å². The molecule has 0 bridgehead atoms. The molecule has 1 aromatic rings. The van der Waals surface area contributed by atoms with Crippen LogP contribution in [-0.4, -0.2) is 58.5 Å². The van der Waals surface area contributed by atoms with Crippen molar-refractivity contribution in [1.29, 1.82) is 0 Å². The Labute approximate surface area is 133 Å². The van der Waals surface area contributed by atoms with Crippen molar-refractivity contribution in [2.45, 2.75) is 23.3 Å². The summed E-state index contributed by atoms with van der Waals surface area (Å²) in [6, 6.07) is 7.46. The van der Waals surface area contributed by atoms with E-state index >= 15 is 0 Å². The fraction of sp³-hybridized carbons (Fsp3) is 0.467. The number of amides is 1. The number of likely N-dealkylation sites (tertiary alicyclic amines) is 1. The maximum absolute atomic E-state index is 12.2. The monoisotopic (exact) mass is 325 g/mol. The average Bonchev–Trinajstić information content (AvgIpc) is 2.53. The van der Waals surface area contributed by atoms with E-state index in [1.165, 1.54) is 11.8 Å². The molecule has 0 aliphatic carbocycles. The topological polar surface area (TPSA) is 87.1 Å². The maximum Gasteiger partial charge on any atom is 0.335 e. The first-order chi connectivity index (χ1) is 10.4. The van der Waals surface area contributed by atoms with Crippen LogP contribution in [0.1, 0.15) is 12.8 Å². The third-order valence-corrected chi connectivity index (χ3v) is 4.72. The first-order valence-electron chi connectivity index (χ1n) is 6.95. The van der Waals surface area contributed by atoms with Gasteiger partial charge in [0.2, 0.25) is 5.91 Å². The third-order valence-electron chi connectivity index (χ3n) is 3.74. The number of carboxylic acids is 1. The molecule has 1 amide bonds. The molecule has 0 aromatic heterocycles. The second kappa shape index (κ2) is 7.02. The molecule has 2 N–H and O–H groups in total. The van der Waals surface area contributed by atoms with E-state index in [2.05, 4.69) is 0 Å². The molecule has 0 atom stereocenters. The molecule has 0 saturated carbocycles. The zero-order chi connectivity index (χ0) is 16.2. The van der Waals surface area contributed by atoms with E-state index in [0.717, 1.165) is 10.6 Å². The van der Waals surface area contributed by atoms with Gasteiger partial charge >= 0.3 is 5.97 Å². The van der Waals surface area contributed by atoms with Crippen molar-refractivity contribution in [3.05, 3.63) is 24.3 Å². The Morgan fingerprint density at radius 2 is 2.05 bits per heavy atom. The van der Waals surface area contributed by atoms with Gasteiger partial charge in [0.15, 0.2) is 5.60 Å². The lowest BCUT2D eigenvalue weighted by Crippen LogP contribution is -2.51. The van der Waals surface area contributed by atoms with Crippen LogP contribution in [0.2, 0.25) is 0 Å². The number of hydrogen-bond acceptors (Lipinski definition) is 5. The summed E-state index contributed by atoms with van der Waals surface area (Å²) in [6.45, 7) is 0.528. The van der Waals surface area contributed by atoms with Gasteiger partial charge in [-0.1, -0.05) is 6.07 Å². The number of rotatable bonds is 5. The van der Waals surface area contributed by atoms with Crippen molar-refractivity contribution in [2.24, 2.45) is 0 Å². The Morgan fingerprint density at radius 3 is 2.64 bits per heavy atom. The van der Waals surface area contributed by atoms with Crippen LogP contribution in [0.3, 0.4) is 0 Å². The number of ether oxygens (including phenoxy) is 1. The highest BCUT2D eigenvalue weighted by atomic mass is 32.2. The summed E-state index contributed by atoms with van der Waals surface area (Å²) >= 11 is 1.41. The molecule has 0 unspecified atom stereocenters. The van der Waals surface area contributed by atoms with Crippen LogP contribution in [0, 0.1) is 0 Å². The zero-order valence-electron chi connectivity index (χ0n) is 12.3. The second-order valence-corrected chi connectivity index (χ2v) is 6.23. The highest BCUT2D eigenvalue weighted by molar-refractivity contribution is 8.00. The number of hydrogen-bond donors (Lipinski definition) is 2. The van der Waals surface area contributed by atoms with Crippen LogP contribution in [-0.2, 0) is 9.59 Å². The van der Waals surface area contributed by atoms with E-state index in [1.807, 2.05) is 24.3 Å². The number of carbonyl (C=O) groups excluding carboxylic acids is 1. The van der Waals surface area contributed by atoms with Crippen LogP contribution in [0.4, 0.5) is 0 Å². The number of carboxylic acid groups (broad SMARTS) is 1. The van der Waals surface area contributed by atoms with Gasteiger partial charge in [-0.2, -0.15) is 0 Å². The number of benzene rings is 1. The lowest BCUT2D eigenvalue weighted by Gasteiger charge is -2.35. The van der Waals surface area contributed by atoms with Gasteiger partial charge in [-0.15, -0.1) is 11.8 Å². The Balaban J connectivity index is 1.85. The molecule has 120 valence electrons. The molecule has 7 heteroatoms. The predicted octanol–water partition coefficient (Wildman–Crippen LogP) is 1.23. The smallest absolute Gasteiger partial charge is 0.335 e. The summed E-state index contributed by atoms with van der Waals surface area (Å²) in [5.41, 5.74) is -1.70. The highest BCUT2D eigenvalue weighted by Crippen LogP contribution is 2.25. The van der Waals surface area contributed by atoms with Gasteiger partial charge in [0.1, 0.15) is 5.75 Å². The third kappa shape index (κ3) is 3.92. The number of thioether (sulfide) groups is 1. The van der Waals surface area contributed by atoms with Gasteiger partial charge in [-0.05, 0) is 18.2 Å². The molecular formula is C15H19NO5S. The second-order valence-electron chi connectivity index (χ2n) is 5.19. The van der Waals surface area contributed by atoms with Gasteiger partial charge in [0.05, 0.1) is 12.9 Å². The summed E-state index contributed by atoms with van der Waals surface area (Å²) in [5.74, 6) is -0.258. The van der Waals surface area contributed by atoms with Crippen molar-refractivity contribution in [1.82, 2.24) is 4.90 Å². The highest BCUT2D eigenvalue weighted by Gasteiger charge is 2.40. The maximum atomic E-state index is 12.2. The first kappa shape index (κ1) is 16.6. The minimum absolute atomic E-state index is 0.0553. The van der Waals surface area contributed by atoms with Crippen LogP contribution in [0.25, 0.3) is 0 Å². The Hall–Kier alpha value is -1.73. The van der Waals surface area contributed by atoms with Gasteiger partial charge in [0.25, 0.3) is 0 Å². The molecule has 0 radical (unpaired) electrons. The Bertz CT molecular complexity index is 555. The summed E-state index contributed by atoms with van der Waals surface area (Å²) < 4.78 is 5.13. The quantitative estimate of drug-likeness (QED) is 0.792. The molecule has 1 aliphatic heterocycles. The number of carbonyl (C=O) groups is 2. The average molecular weight is 325 g/mol. The molecule has 1 heterocycles. The SMILES string of the molecule is COc1cccc(SCC(=O)N2CCC(O)(C(=O)O)CC2)c1. The number of methoxy groups -OCH3 is 1. The van der Waals surface area contributed by atoms with E-state index in [-0.39, 0.29) is 37.6 Å². The van der Waals surface area contributed by atoms with E-state index in [1.54, 1.807) is 12.0 Å². The molecule has 6 nitrogen and oxygen atoms in total. The van der Waals surface area contributed by atoms with E-state index in [4.69, 9.17) is 9.84 Å². The molecule has 1 saturated heterocycles. The van der Waals surface area contributed by atoms with Crippen LogP contribution < -0.4 is 4.74 Å². The number of piperidine rings is 1. The van der Waals surface area contributed by atoms with Crippen molar-refractivity contribution < 1.29 is 24.5 Å². The van der Waals surface area contributed by atoms with E-state index in [9.17, 15) is 14.7 Å².